The van der Waals surface area contributed by atoms with Crippen LogP contribution in [0.3, 0.4) is 0 Å². The van der Waals surface area contributed by atoms with Crippen LogP contribution in [0.1, 0.15) is 6.42 Å². The second-order valence-corrected chi connectivity index (χ2v) is 1.00. The van der Waals surface area contributed by atoms with Crippen LogP contribution in [0, 0.1) is 13.5 Å². The molecule has 0 atom stereocenters. The van der Waals surface area contributed by atoms with Gasteiger partial charge in [-0.2, -0.15) is 6.08 Å². The summed E-state index contributed by atoms with van der Waals surface area (Å²) < 4.78 is 0. The van der Waals surface area contributed by atoms with Crippen LogP contribution in [0.4, 0.5) is 0 Å². The molecule has 0 radical (unpaired) electrons. The Kier molecular flexibility index (Phi) is 21.0. The van der Waals surface area contributed by atoms with E-state index >= 15 is 0 Å². The summed E-state index contributed by atoms with van der Waals surface area (Å²) in [6.45, 7) is 0. The van der Waals surface area contributed by atoms with Gasteiger partial charge >= 0.3 is 0 Å². The van der Waals surface area contributed by atoms with E-state index in [9.17, 15) is 0 Å². The van der Waals surface area contributed by atoms with Gasteiger partial charge in [0, 0.05) is 25.8 Å². The van der Waals surface area contributed by atoms with Crippen molar-refractivity contribution in [1.82, 2.24) is 0 Å². The fourth-order valence-electron chi connectivity index (χ4n) is 0.340. The Morgan fingerprint density at radius 2 is 2.00 bits per heavy atom. The Labute approximate surface area is 76.2 Å². The molecule has 0 nitrogen and oxygen atoms in total. The van der Waals surface area contributed by atoms with Gasteiger partial charge in [-0.05, 0) is 0 Å². The van der Waals surface area contributed by atoms with Crippen molar-refractivity contribution in [2.75, 3.05) is 0 Å². The van der Waals surface area contributed by atoms with Gasteiger partial charge in [-0.1, -0.05) is 0 Å². The van der Waals surface area contributed by atoms with Crippen LogP contribution in [0.15, 0.2) is 18.2 Å². The Hall–Kier alpha value is 0.640. The SMILES string of the molecule is Cl.[C-]1=CC=CC1.[CH3-].[Hf]. The minimum Gasteiger partial charge on any atom is -0.358 e. The summed E-state index contributed by atoms with van der Waals surface area (Å²) in [6.07, 6.45) is 10.0. The molecule has 0 aromatic heterocycles. The van der Waals surface area contributed by atoms with Gasteiger partial charge in [-0.15, -0.1) is 18.8 Å². The van der Waals surface area contributed by atoms with Crippen molar-refractivity contribution in [2.24, 2.45) is 0 Å². The number of hydrogen-bond acceptors (Lipinski definition) is 0. The van der Waals surface area contributed by atoms with Gasteiger partial charge in [0.1, 0.15) is 0 Å². The maximum atomic E-state index is 2.99. The third-order valence-electron chi connectivity index (χ3n) is 0.586. The van der Waals surface area contributed by atoms with Crippen molar-refractivity contribution in [3.05, 3.63) is 31.7 Å². The molecular formula is C6H9ClHf-2. The predicted molar refractivity (Wildman–Crippen MR) is 35.2 cm³/mol. The number of hydrogen-bond donors (Lipinski definition) is 0. The monoisotopic (exact) mass is 296 g/mol. The van der Waals surface area contributed by atoms with Gasteiger partial charge in [0.05, 0.1) is 0 Å². The van der Waals surface area contributed by atoms with Gasteiger partial charge in [0.2, 0.25) is 0 Å². The molecule has 0 N–H and O–H groups in total. The second-order valence-electron chi connectivity index (χ2n) is 1.00. The number of halogens is 1. The molecule has 0 saturated heterocycles. The molecule has 46 valence electrons. The van der Waals surface area contributed by atoms with Crippen molar-refractivity contribution in [3.8, 4) is 0 Å². The minimum atomic E-state index is 0. The van der Waals surface area contributed by atoms with Crippen molar-refractivity contribution in [1.29, 1.82) is 0 Å². The molecule has 2 heteroatoms. The number of allylic oxidation sites excluding steroid dienone is 4. The van der Waals surface area contributed by atoms with E-state index < -0.39 is 0 Å². The van der Waals surface area contributed by atoms with E-state index in [0.29, 0.717) is 0 Å². The Balaban J connectivity index is -0.0000000833. The van der Waals surface area contributed by atoms with Gasteiger partial charge < -0.3 is 7.43 Å². The van der Waals surface area contributed by atoms with Crippen LogP contribution in [0.5, 0.6) is 0 Å². The first kappa shape index (κ1) is 15.9. The quantitative estimate of drug-likeness (QED) is 0.475. The van der Waals surface area contributed by atoms with Crippen LogP contribution in [0.25, 0.3) is 0 Å². The van der Waals surface area contributed by atoms with E-state index in [1.54, 1.807) is 0 Å². The summed E-state index contributed by atoms with van der Waals surface area (Å²) in [4.78, 5) is 0. The molecule has 0 unspecified atom stereocenters. The third kappa shape index (κ3) is 6.64. The Bertz CT molecular complexity index is 66.6. The van der Waals surface area contributed by atoms with Gasteiger partial charge in [0.15, 0.2) is 0 Å². The largest absolute Gasteiger partial charge is 0.358 e. The summed E-state index contributed by atoms with van der Waals surface area (Å²) >= 11 is 0. The van der Waals surface area contributed by atoms with Crippen LogP contribution < -0.4 is 0 Å². The van der Waals surface area contributed by atoms with Crippen molar-refractivity contribution < 1.29 is 25.8 Å². The molecule has 0 heterocycles. The molecule has 1 aliphatic carbocycles. The summed E-state index contributed by atoms with van der Waals surface area (Å²) in [5.41, 5.74) is 0. The van der Waals surface area contributed by atoms with Gasteiger partial charge in [-0.25, -0.2) is 12.2 Å². The van der Waals surface area contributed by atoms with Gasteiger partial charge in [0.25, 0.3) is 0 Å². The van der Waals surface area contributed by atoms with Crippen molar-refractivity contribution in [3.63, 3.8) is 0 Å². The van der Waals surface area contributed by atoms with Gasteiger partial charge in [-0.3, -0.25) is 6.08 Å². The summed E-state index contributed by atoms with van der Waals surface area (Å²) in [5, 5.41) is 0. The van der Waals surface area contributed by atoms with E-state index in [2.05, 4.69) is 12.2 Å². The fraction of sp³-hybridized carbons (Fsp3) is 0.167. The summed E-state index contributed by atoms with van der Waals surface area (Å²) in [7, 11) is 0. The summed E-state index contributed by atoms with van der Waals surface area (Å²) in [5.74, 6) is 0. The van der Waals surface area contributed by atoms with E-state index in [4.69, 9.17) is 0 Å². The molecule has 0 bridgehead atoms. The molecule has 0 fully saturated rings. The molecule has 0 saturated carbocycles. The molecule has 0 aromatic carbocycles. The molecular weight excluding hydrogens is 286 g/mol. The van der Waals surface area contributed by atoms with Crippen molar-refractivity contribution in [2.45, 2.75) is 6.42 Å². The number of rotatable bonds is 0. The molecule has 0 aliphatic heterocycles. The maximum Gasteiger partial charge on any atom is 0 e. The molecule has 0 spiro atoms. The first-order valence-corrected chi connectivity index (χ1v) is 1.72. The second kappa shape index (κ2) is 10.6. The Morgan fingerprint density at radius 1 is 1.38 bits per heavy atom. The van der Waals surface area contributed by atoms with Crippen molar-refractivity contribution >= 4 is 12.4 Å². The molecule has 8 heavy (non-hydrogen) atoms. The topological polar surface area (TPSA) is 0 Å². The van der Waals surface area contributed by atoms with E-state index in [0.717, 1.165) is 6.42 Å². The van der Waals surface area contributed by atoms with E-state index in [1.807, 2.05) is 12.2 Å². The first-order valence-electron chi connectivity index (χ1n) is 1.72. The van der Waals surface area contributed by atoms with E-state index in [1.165, 1.54) is 0 Å². The first-order chi connectivity index (χ1) is 2.50. The minimum absolute atomic E-state index is 0. The zero-order chi connectivity index (χ0) is 3.54. The molecule has 1 aliphatic rings. The average molecular weight is 295 g/mol. The average Bonchev–Trinajstić information content (AvgIpc) is 1.76. The summed E-state index contributed by atoms with van der Waals surface area (Å²) in [6, 6.07) is 0. The molecule has 1 rings (SSSR count). The third-order valence-corrected chi connectivity index (χ3v) is 0.586. The smallest absolute Gasteiger partial charge is 0 e. The van der Waals surface area contributed by atoms with Crippen LogP contribution in [0.2, 0.25) is 0 Å². The predicted octanol–water partition coefficient (Wildman–Crippen LogP) is 2.18. The maximum absolute atomic E-state index is 2.99. The van der Waals surface area contributed by atoms with Crippen LogP contribution >= 0.6 is 12.4 Å². The Morgan fingerprint density at radius 3 is 2.12 bits per heavy atom. The van der Waals surface area contributed by atoms with Crippen LogP contribution in [-0.4, -0.2) is 0 Å². The molecule has 0 aromatic rings. The zero-order valence-corrected chi connectivity index (χ0v) is 9.26. The van der Waals surface area contributed by atoms with Crippen LogP contribution in [-0.2, 0) is 25.8 Å². The zero-order valence-electron chi connectivity index (χ0n) is 4.85. The standard InChI is InChI=1S/C5H5.CH3.ClH.Hf/c1-2-4-5-3-1;;;/h1-3H,4H2;1H3;1H;/q2*-1;;. The normalized spacial score (nSPS) is 11.0. The fourth-order valence-corrected chi connectivity index (χ4v) is 0.340. The van der Waals surface area contributed by atoms with E-state index in [-0.39, 0.29) is 45.7 Å². The molecule has 0 amide bonds.